The molecule has 0 bridgehead atoms. The maximum Gasteiger partial charge on any atom is 0.0752 e. The molecular formula is C14H29NO. The molecule has 0 aliphatic heterocycles. The molecule has 2 nitrogen and oxygen atoms in total. The lowest BCUT2D eigenvalue weighted by molar-refractivity contribution is 0.0476. The summed E-state index contributed by atoms with van der Waals surface area (Å²) in [6.07, 6.45) is 9.70. The molecule has 1 aliphatic carbocycles. The number of methoxy groups -OCH3 is 1. The maximum absolute atomic E-state index is 5.70. The average molecular weight is 227 g/mol. The summed E-state index contributed by atoms with van der Waals surface area (Å²) in [5, 5.41) is 3.68. The van der Waals surface area contributed by atoms with Crippen LogP contribution < -0.4 is 5.32 Å². The Hall–Kier alpha value is -0.0800. The van der Waals surface area contributed by atoms with Crippen LogP contribution in [0.1, 0.15) is 58.8 Å². The zero-order valence-corrected chi connectivity index (χ0v) is 11.3. The fraction of sp³-hybridized carbons (Fsp3) is 1.00. The summed E-state index contributed by atoms with van der Waals surface area (Å²) >= 11 is 0. The third kappa shape index (κ3) is 4.84. The molecule has 0 heterocycles. The van der Waals surface area contributed by atoms with Gasteiger partial charge < -0.3 is 10.1 Å². The third-order valence-electron chi connectivity index (χ3n) is 3.53. The molecule has 2 unspecified atom stereocenters. The first kappa shape index (κ1) is 14.0. The molecule has 96 valence electrons. The molecule has 0 saturated heterocycles. The molecule has 2 atom stereocenters. The predicted octanol–water partition coefficient (Wildman–Crippen LogP) is 3.36. The van der Waals surface area contributed by atoms with Crippen molar-refractivity contribution in [1.82, 2.24) is 5.32 Å². The normalized spacial score (nSPS) is 19.7. The van der Waals surface area contributed by atoms with Gasteiger partial charge in [0.2, 0.25) is 0 Å². The largest absolute Gasteiger partial charge is 0.380 e. The van der Waals surface area contributed by atoms with Crippen LogP contribution in [0.15, 0.2) is 0 Å². The van der Waals surface area contributed by atoms with Crippen molar-refractivity contribution in [3.63, 3.8) is 0 Å². The number of nitrogens with one attached hydrogen (secondary N) is 1. The van der Waals surface area contributed by atoms with E-state index >= 15 is 0 Å². The van der Waals surface area contributed by atoms with Gasteiger partial charge in [-0.05, 0) is 38.1 Å². The number of unbranched alkanes of at least 4 members (excludes halogenated alkanes) is 2. The maximum atomic E-state index is 5.70. The average Bonchev–Trinajstić information content (AvgIpc) is 3.10. The second-order valence-corrected chi connectivity index (χ2v) is 5.09. The number of ether oxygens (including phenoxy) is 1. The van der Waals surface area contributed by atoms with Crippen LogP contribution in [0.5, 0.6) is 0 Å². The summed E-state index contributed by atoms with van der Waals surface area (Å²) < 4.78 is 5.70. The highest BCUT2D eigenvalue weighted by molar-refractivity contribution is 4.90. The topological polar surface area (TPSA) is 21.3 Å². The van der Waals surface area contributed by atoms with Crippen molar-refractivity contribution in [1.29, 1.82) is 0 Å². The van der Waals surface area contributed by atoms with Crippen LogP contribution in [0.25, 0.3) is 0 Å². The molecule has 2 heteroatoms. The summed E-state index contributed by atoms with van der Waals surface area (Å²) in [4.78, 5) is 0. The summed E-state index contributed by atoms with van der Waals surface area (Å²) in [6.45, 7) is 5.63. The number of rotatable bonds is 10. The minimum Gasteiger partial charge on any atom is -0.380 e. The van der Waals surface area contributed by atoms with Gasteiger partial charge in [0.15, 0.2) is 0 Å². The molecule has 0 aromatic heterocycles. The number of hydrogen-bond donors (Lipinski definition) is 1. The fourth-order valence-electron chi connectivity index (χ4n) is 2.44. The van der Waals surface area contributed by atoms with E-state index in [4.69, 9.17) is 4.74 Å². The standard InChI is InChI=1S/C14H29NO/c1-4-6-7-8-13(15-11-5-2)14(16-3)12-9-10-12/h12-15H,4-11H2,1-3H3. The van der Waals surface area contributed by atoms with Gasteiger partial charge in [-0.25, -0.2) is 0 Å². The highest BCUT2D eigenvalue weighted by atomic mass is 16.5. The molecule has 1 saturated carbocycles. The molecule has 0 amide bonds. The van der Waals surface area contributed by atoms with E-state index in [0.29, 0.717) is 12.1 Å². The van der Waals surface area contributed by atoms with Crippen molar-refractivity contribution in [2.24, 2.45) is 5.92 Å². The van der Waals surface area contributed by atoms with Crippen LogP contribution in [0, 0.1) is 5.92 Å². The Bertz CT molecular complexity index is 168. The third-order valence-corrected chi connectivity index (χ3v) is 3.53. The van der Waals surface area contributed by atoms with Crippen molar-refractivity contribution < 1.29 is 4.74 Å². The molecule has 0 radical (unpaired) electrons. The molecule has 1 rings (SSSR count). The Morgan fingerprint density at radius 3 is 2.44 bits per heavy atom. The lowest BCUT2D eigenvalue weighted by Gasteiger charge is -2.27. The van der Waals surface area contributed by atoms with Gasteiger partial charge in [0.05, 0.1) is 6.10 Å². The molecule has 1 fully saturated rings. The Kier molecular flexibility index (Phi) is 7.06. The van der Waals surface area contributed by atoms with Gasteiger partial charge in [0.1, 0.15) is 0 Å². The van der Waals surface area contributed by atoms with Crippen molar-refractivity contribution in [2.75, 3.05) is 13.7 Å². The summed E-state index contributed by atoms with van der Waals surface area (Å²) in [6, 6.07) is 0.587. The second kappa shape index (κ2) is 8.08. The van der Waals surface area contributed by atoms with E-state index in [0.717, 1.165) is 12.5 Å². The Morgan fingerprint density at radius 2 is 1.94 bits per heavy atom. The van der Waals surface area contributed by atoms with Gasteiger partial charge >= 0.3 is 0 Å². The van der Waals surface area contributed by atoms with E-state index in [-0.39, 0.29) is 0 Å². The van der Waals surface area contributed by atoms with Crippen LogP contribution in [-0.2, 0) is 4.74 Å². The van der Waals surface area contributed by atoms with Gasteiger partial charge in [-0.1, -0.05) is 33.1 Å². The highest BCUT2D eigenvalue weighted by Gasteiger charge is 2.36. The molecule has 1 N–H and O–H groups in total. The van der Waals surface area contributed by atoms with Crippen LogP contribution in [0.4, 0.5) is 0 Å². The fourth-order valence-corrected chi connectivity index (χ4v) is 2.44. The Labute approximate surface area is 101 Å². The van der Waals surface area contributed by atoms with E-state index in [2.05, 4.69) is 19.2 Å². The number of hydrogen-bond acceptors (Lipinski definition) is 2. The van der Waals surface area contributed by atoms with Gasteiger partial charge in [0.25, 0.3) is 0 Å². The second-order valence-electron chi connectivity index (χ2n) is 5.09. The zero-order chi connectivity index (χ0) is 11.8. The molecule has 0 aromatic carbocycles. The summed E-state index contributed by atoms with van der Waals surface area (Å²) in [5.74, 6) is 0.834. The van der Waals surface area contributed by atoms with Gasteiger partial charge in [0, 0.05) is 13.2 Å². The van der Waals surface area contributed by atoms with E-state index in [9.17, 15) is 0 Å². The van der Waals surface area contributed by atoms with Gasteiger partial charge in [-0.15, -0.1) is 0 Å². The Morgan fingerprint density at radius 1 is 1.19 bits per heavy atom. The Balaban J connectivity index is 2.33. The first-order chi connectivity index (χ1) is 7.83. The minimum absolute atomic E-state index is 0.461. The van der Waals surface area contributed by atoms with Crippen molar-refractivity contribution in [3.05, 3.63) is 0 Å². The quantitative estimate of drug-likeness (QED) is 0.578. The minimum atomic E-state index is 0.461. The van der Waals surface area contributed by atoms with Crippen LogP contribution in [0.3, 0.4) is 0 Å². The molecular weight excluding hydrogens is 198 g/mol. The first-order valence-corrected chi connectivity index (χ1v) is 7.09. The van der Waals surface area contributed by atoms with Crippen molar-refractivity contribution in [2.45, 2.75) is 70.9 Å². The summed E-state index contributed by atoms with van der Waals surface area (Å²) in [7, 11) is 1.88. The van der Waals surface area contributed by atoms with E-state index in [1.165, 1.54) is 44.9 Å². The zero-order valence-electron chi connectivity index (χ0n) is 11.3. The SMILES string of the molecule is CCCCCC(NCCC)C(OC)C1CC1. The molecule has 1 aliphatic rings. The highest BCUT2D eigenvalue weighted by Crippen LogP contribution is 2.36. The van der Waals surface area contributed by atoms with Crippen LogP contribution >= 0.6 is 0 Å². The molecule has 0 spiro atoms. The smallest absolute Gasteiger partial charge is 0.0752 e. The lowest BCUT2D eigenvalue weighted by atomic mass is 9.99. The van der Waals surface area contributed by atoms with Crippen molar-refractivity contribution >= 4 is 0 Å². The van der Waals surface area contributed by atoms with Gasteiger partial charge in [-0.3, -0.25) is 0 Å². The van der Waals surface area contributed by atoms with Crippen LogP contribution in [-0.4, -0.2) is 25.8 Å². The van der Waals surface area contributed by atoms with Crippen molar-refractivity contribution in [3.8, 4) is 0 Å². The molecule has 0 aromatic rings. The first-order valence-electron chi connectivity index (χ1n) is 7.09. The predicted molar refractivity (Wildman–Crippen MR) is 69.7 cm³/mol. The van der Waals surface area contributed by atoms with E-state index < -0.39 is 0 Å². The monoisotopic (exact) mass is 227 g/mol. The van der Waals surface area contributed by atoms with E-state index in [1.54, 1.807) is 0 Å². The van der Waals surface area contributed by atoms with Gasteiger partial charge in [-0.2, -0.15) is 0 Å². The summed E-state index contributed by atoms with van der Waals surface area (Å²) in [5.41, 5.74) is 0. The van der Waals surface area contributed by atoms with E-state index in [1.807, 2.05) is 7.11 Å². The van der Waals surface area contributed by atoms with Crippen LogP contribution in [0.2, 0.25) is 0 Å². The lowest BCUT2D eigenvalue weighted by Crippen LogP contribution is -2.42. The molecule has 16 heavy (non-hydrogen) atoms.